The minimum absolute atomic E-state index is 0. The molecule has 0 fully saturated rings. The summed E-state index contributed by atoms with van der Waals surface area (Å²) in [5.74, 6) is 0. The van der Waals surface area contributed by atoms with Crippen LogP contribution in [0.5, 0.6) is 0 Å². The van der Waals surface area contributed by atoms with Crippen LogP contribution in [-0.2, 0) is 45.3 Å². The fraction of sp³-hybridized carbons (Fsp3) is 0. The summed E-state index contributed by atoms with van der Waals surface area (Å²) in [5.41, 5.74) is 0. The summed E-state index contributed by atoms with van der Waals surface area (Å²) in [7, 11) is 0. The van der Waals surface area contributed by atoms with Crippen molar-refractivity contribution in [3.63, 3.8) is 0 Å². The molecule has 0 N–H and O–H groups in total. The molecule has 7 nitrogen and oxygen atoms in total. The Hall–Kier alpha value is 0.435. The van der Waals surface area contributed by atoms with E-state index in [-0.39, 0.29) is 12.4 Å². The van der Waals surface area contributed by atoms with Gasteiger partial charge in [-0.2, -0.15) is 0 Å². The van der Waals surface area contributed by atoms with Crippen LogP contribution in [0.2, 0.25) is 0 Å². The molecule has 10 heavy (non-hydrogen) atoms. The number of halogens is 1. The third-order valence-electron chi connectivity index (χ3n) is 0.167. The van der Waals surface area contributed by atoms with Gasteiger partial charge < -0.3 is 0 Å². The predicted octanol–water partition coefficient (Wildman–Crippen LogP) is -2.93. The summed E-state index contributed by atoms with van der Waals surface area (Å²) in [6, 6.07) is 0. The van der Waals surface area contributed by atoms with Gasteiger partial charge in [0, 0.05) is 0 Å². The Balaban J connectivity index is 0. The standard InChI is InChI=1S/Cl.2Cr.7O/q+2;;;;;;;;2*-1. The van der Waals surface area contributed by atoms with Crippen LogP contribution in [-0.4, -0.2) is 0 Å². The average Bonchev–Trinajstić information content (AvgIpc) is 1.14. The first-order valence-electron chi connectivity index (χ1n) is 1.33. The van der Waals surface area contributed by atoms with Gasteiger partial charge in [0.05, 0.1) is 0 Å². The quantitative estimate of drug-likeness (QED) is 0.514. The molecule has 0 aromatic carbocycles. The zero-order valence-corrected chi connectivity index (χ0v) is 7.36. The molecule has 0 amide bonds. The number of hydrogen-bond donors (Lipinski definition) is 0. The molecule has 3 radical (unpaired) electrons. The number of rotatable bonds is 2. The van der Waals surface area contributed by atoms with E-state index in [9.17, 15) is 23.5 Å². The maximum atomic E-state index is 9.38. The normalized spacial score (nSPS) is 12.2. The van der Waals surface area contributed by atoms with Crippen LogP contribution < -0.4 is 8.32 Å². The molecule has 0 aliphatic carbocycles. The van der Waals surface area contributed by atoms with Crippen molar-refractivity contribution in [2.24, 2.45) is 0 Å². The van der Waals surface area contributed by atoms with E-state index in [0.29, 0.717) is 0 Å². The van der Waals surface area contributed by atoms with Crippen molar-refractivity contribution < 1.29 is 66.0 Å². The summed E-state index contributed by atoms with van der Waals surface area (Å²) >= 11 is -12.1. The Morgan fingerprint density at radius 1 is 0.900 bits per heavy atom. The maximum absolute atomic E-state index is 9.38. The minimum atomic E-state index is -6.07. The molecular formula is ClCr2O7. The molecular weight excluding hydrogens is 251 g/mol. The Bertz CT molecular complexity index is 237. The van der Waals surface area contributed by atoms with Crippen LogP contribution in [0.25, 0.3) is 0 Å². The molecule has 0 aromatic heterocycles. The van der Waals surface area contributed by atoms with Gasteiger partial charge in [-0.25, -0.2) is 0 Å². The van der Waals surface area contributed by atoms with Gasteiger partial charge >= 0.3 is 66.0 Å². The molecule has 0 aliphatic heterocycles. The zero-order valence-electron chi connectivity index (χ0n) is 4.05. The van der Waals surface area contributed by atoms with Gasteiger partial charge in [0.2, 0.25) is 0 Å². The van der Waals surface area contributed by atoms with Gasteiger partial charge in [-0.3, -0.25) is 0 Å². The van der Waals surface area contributed by atoms with Crippen LogP contribution in [0.1, 0.15) is 0 Å². The second-order valence-corrected chi connectivity index (χ2v) is 4.52. The van der Waals surface area contributed by atoms with Gasteiger partial charge in [-0.1, -0.05) is 0 Å². The molecule has 0 saturated carbocycles. The summed E-state index contributed by atoms with van der Waals surface area (Å²) < 4.78 is 58.9. The van der Waals surface area contributed by atoms with E-state index >= 15 is 0 Å². The molecule has 0 heterocycles. The van der Waals surface area contributed by atoms with Gasteiger partial charge in [-0.15, -0.1) is 0 Å². The molecule has 0 saturated heterocycles. The van der Waals surface area contributed by atoms with Crippen LogP contribution >= 0.6 is 0 Å². The van der Waals surface area contributed by atoms with Crippen molar-refractivity contribution >= 4 is 0 Å². The van der Waals surface area contributed by atoms with Gasteiger partial charge in [0.25, 0.3) is 0 Å². The Morgan fingerprint density at radius 3 is 1.10 bits per heavy atom. The molecule has 0 aromatic rings. The third-order valence-corrected chi connectivity index (χ3v) is 2.83. The van der Waals surface area contributed by atoms with Crippen molar-refractivity contribution in [1.82, 2.24) is 0 Å². The number of hydrogen-bond acceptors (Lipinski definition) is 7. The van der Waals surface area contributed by atoms with E-state index in [1.165, 1.54) is 0 Å². The molecule has 0 aliphatic rings. The topological polar surface area (TPSA) is 124 Å². The molecule has 0 unspecified atom stereocenters. The zero-order chi connectivity index (χ0) is 7.71. The molecule has 10 heteroatoms. The van der Waals surface area contributed by atoms with E-state index in [0.717, 1.165) is 0 Å². The molecule has 0 rings (SSSR count). The first-order chi connectivity index (χ1) is 3.71. The summed E-state index contributed by atoms with van der Waals surface area (Å²) in [5, 5.41) is 0. The van der Waals surface area contributed by atoms with Crippen molar-refractivity contribution in [2.75, 3.05) is 0 Å². The van der Waals surface area contributed by atoms with Gasteiger partial charge in [-0.05, 0) is 0 Å². The molecule has 0 atom stereocenters. The van der Waals surface area contributed by atoms with Gasteiger partial charge in [0.1, 0.15) is 0 Å². The van der Waals surface area contributed by atoms with E-state index in [1.807, 2.05) is 0 Å². The molecule has 0 spiro atoms. The van der Waals surface area contributed by atoms with Crippen LogP contribution in [0.3, 0.4) is 0 Å². The Kier molecular flexibility index (Phi) is 4.86. The second kappa shape index (κ2) is 3.72. The van der Waals surface area contributed by atoms with Gasteiger partial charge in [0.15, 0.2) is 0 Å². The fourth-order valence-corrected chi connectivity index (χ4v) is 1.74. The summed E-state index contributed by atoms with van der Waals surface area (Å²) in [4.78, 5) is 0. The van der Waals surface area contributed by atoms with E-state index in [4.69, 9.17) is 0 Å². The Labute approximate surface area is 66.2 Å². The van der Waals surface area contributed by atoms with Crippen LogP contribution in [0, 0.1) is 12.4 Å². The third kappa shape index (κ3) is 11.3. The first-order valence-corrected chi connectivity index (χ1v) is 5.50. The Morgan fingerprint density at radius 2 is 1.10 bits per heavy atom. The monoisotopic (exact) mass is 251 g/mol. The van der Waals surface area contributed by atoms with Crippen LogP contribution in [0.4, 0.5) is 0 Å². The van der Waals surface area contributed by atoms with Crippen molar-refractivity contribution in [3.05, 3.63) is 0 Å². The first kappa shape index (κ1) is 13.1. The van der Waals surface area contributed by atoms with E-state index in [1.54, 1.807) is 0 Å². The average molecular weight is 251 g/mol. The van der Waals surface area contributed by atoms with Crippen molar-refractivity contribution in [2.45, 2.75) is 0 Å². The molecule has 61 valence electrons. The van der Waals surface area contributed by atoms with Crippen LogP contribution in [0.15, 0.2) is 0 Å². The van der Waals surface area contributed by atoms with Crippen molar-refractivity contribution in [3.8, 4) is 0 Å². The summed E-state index contributed by atoms with van der Waals surface area (Å²) in [6.45, 7) is 0. The van der Waals surface area contributed by atoms with E-state index < -0.39 is 27.2 Å². The SMILES string of the molecule is [Cl+2].[O]=[Cr](=[O])([O-])[O][Cr](=[O])(=[O])[O-]. The van der Waals surface area contributed by atoms with E-state index in [2.05, 4.69) is 2.84 Å². The fourth-order valence-electron chi connectivity index (χ4n) is 0.102. The second-order valence-electron chi connectivity index (χ2n) is 0.885. The van der Waals surface area contributed by atoms with Crippen molar-refractivity contribution in [1.29, 1.82) is 0 Å². The molecule has 0 bridgehead atoms. The summed E-state index contributed by atoms with van der Waals surface area (Å²) in [6.07, 6.45) is 0. The predicted molar refractivity (Wildman–Crippen MR) is 3.83 cm³/mol.